The average molecular weight is 565 g/mol. The second kappa shape index (κ2) is 12.7. The third-order valence-electron chi connectivity index (χ3n) is 7.88. The van der Waals surface area contributed by atoms with Crippen molar-refractivity contribution < 1.29 is 18.8 Å². The van der Waals surface area contributed by atoms with E-state index in [1.54, 1.807) is 25.1 Å². The molecule has 1 aliphatic carbocycles. The van der Waals surface area contributed by atoms with Crippen LogP contribution < -0.4 is 16.0 Å². The summed E-state index contributed by atoms with van der Waals surface area (Å²) in [6.07, 6.45) is 9.31. The lowest BCUT2D eigenvalue weighted by Gasteiger charge is -2.35. The molecule has 2 aromatic heterocycles. The smallest absolute Gasteiger partial charge is 0.255 e. The first-order valence-electron chi connectivity index (χ1n) is 14.0. The van der Waals surface area contributed by atoms with Crippen LogP contribution in [0.2, 0.25) is 0 Å². The molecule has 2 aliphatic rings. The van der Waals surface area contributed by atoms with E-state index in [1.807, 2.05) is 30.3 Å². The number of oxazole rings is 1. The van der Waals surface area contributed by atoms with E-state index in [0.29, 0.717) is 34.6 Å². The minimum Gasteiger partial charge on any atom is -0.443 e. The number of likely N-dealkylation sites (N-methyl/N-ethyl adjacent to an activating group) is 1. The number of carbonyl (C=O) groups is 3. The highest BCUT2D eigenvalue weighted by Crippen LogP contribution is 2.38. The summed E-state index contributed by atoms with van der Waals surface area (Å²) in [4.78, 5) is 51.1. The van der Waals surface area contributed by atoms with Crippen LogP contribution in [0.15, 0.2) is 47.2 Å². The molecule has 0 radical (unpaired) electrons. The minimum atomic E-state index is -0.642. The van der Waals surface area contributed by atoms with E-state index in [1.165, 1.54) is 17.6 Å². The van der Waals surface area contributed by atoms with Gasteiger partial charge in [0.25, 0.3) is 5.89 Å². The number of amides is 3. The number of likely N-dealkylation sites (tertiary alicyclic amines) is 1. The quantitative estimate of drug-likeness (QED) is 0.357. The summed E-state index contributed by atoms with van der Waals surface area (Å²) in [6.45, 7) is 2.25. The molecule has 5 rings (SSSR count). The fraction of sp³-hybridized carbons (Fsp3) is 0.483. The Bertz CT molecular complexity index is 1310. The SMILES string of the molecule is CNC(C)C(=O)NC(C(=O)N1CCCC1C(=O)Nc1sc(-c2ncco2)nc1-c1ccccc1)C1CCCCC1. The minimum absolute atomic E-state index is 0.0631. The summed E-state index contributed by atoms with van der Waals surface area (Å²) in [7, 11) is 1.72. The molecule has 11 heteroatoms. The Morgan fingerprint density at radius 2 is 1.85 bits per heavy atom. The normalized spacial score (nSPS) is 19.2. The molecular weight excluding hydrogens is 528 g/mol. The van der Waals surface area contributed by atoms with Gasteiger partial charge in [-0.25, -0.2) is 9.97 Å². The van der Waals surface area contributed by atoms with Gasteiger partial charge in [-0.15, -0.1) is 0 Å². The fourth-order valence-corrected chi connectivity index (χ4v) is 6.48. The maximum absolute atomic E-state index is 14.0. The molecule has 3 atom stereocenters. The number of anilines is 1. The summed E-state index contributed by atoms with van der Waals surface area (Å²) in [6, 6.07) is 7.91. The van der Waals surface area contributed by atoms with Crippen LogP contribution in [0.1, 0.15) is 51.9 Å². The van der Waals surface area contributed by atoms with Crippen molar-refractivity contribution in [3.63, 3.8) is 0 Å². The van der Waals surface area contributed by atoms with Crippen LogP contribution >= 0.6 is 11.3 Å². The monoisotopic (exact) mass is 564 g/mol. The van der Waals surface area contributed by atoms with E-state index in [0.717, 1.165) is 44.1 Å². The van der Waals surface area contributed by atoms with Crippen molar-refractivity contribution in [2.75, 3.05) is 18.9 Å². The lowest BCUT2D eigenvalue weighted by atomic mass is 9.83. The molecule has 0 bridgehead atoms. The van der Waals surface area contributed by atoms with Crippen molar-refractivity contribution in [3.8, 4) is 22.2 Å². The van der Waals surface area contributed by atoms with Gasteiger partial charge in [0.15, 0.2) is 5.01 Å². The number of thiazole rings is 1. The van der Waals surface area contributed by atoms with Crippen LogP contribution in [-0.4, -0.2) is 64.3 Å². The second-order valence-electron chi connectivity index (χ2n) is 10.5. The summed E-state index contributed by atoms with van der Waals surface area (Å²) < 4.78 is 5.45. The van der Waals surface area contributed by atoms with Gasteiger partial charge in [0.1, 0.15) is 29.0 Å². The van der Waals surface area contributed by atoms with E-state index in [2.05, 4.69) is 20.9 Å². The largest absolute Gasteiger partial charge is 0.443 e. The highest BCUT2D eigenvalue weighted by Gasteiger charge is 2.41. The van der Waals surface area contributed by atoms with E-state index >= 15 is 0 Å². The molecular formula is C29H36N6O4S. The zero-order chi connectivity index (χ0) is 28.1. The van der Waals surface area contributed by atoms with Gasteiger partial charge in [-0.1, -0.05) is 60.9 Å². The average Bonchev–Trinajstić information content (AvgIpc) is 3.77. The van der Waals surface area contributed by atoms with Crippen LogP contribution in [0, 0.1) is 5.92 Å². The van der Waals surface area contributed by atoms with Gasteiger partial charge in [0.05, 0.1) is 12.2 Å². The number of rotatable bonds is 9. The molecule has 3 N–H and O–H groups in total. The Morgan fingerprint density at radius 1 is 1.07 bits per heavy atom. The van der Waals surface area contributed by atoms with Gasteiger partial charge in [-0.05, 0) is 45.6 Å². The number of hydrogen-bond acceptors (Lipinski definition) is 8. The van der Waals surface area contributed by atoms with Gasteiger partial charge < -0.3 is 25.3 Å². The van der Waals surface area contributed by atoms with E-state index in [9.17, 15) is 14.4 Å². The first-order valence-corrected chi connectivity index (χ1v) is 14.8. The fourth-order valence-electron chi connectivity index (χ4n) is 5.55. The molecule has 1 aromatic carbocycles. The van der Waals surface area contributed by atoms with Gasteiger partial charge in [0.2, 0.25) is 17.7 Å². The van der Waals surface area contributed by atoms with Crippen LogP contribution in [0.3, 0.4) is 0 Å². The number of nitrogens with one attached hydrogen (secondary N) is 3. The predicted molar refractivity (Wildman–Crippen MR) is 153 cm³/mol. The maximum Gasteiger partial charge on any atom is 0.255 e. The van der Waals surface area contributed by atoms with Crippen LogP contribution in [0.4, 0.5) is 5.00 Å². The van der Waals surface area contributed by atoms with Crippen molar-refractivity contribution in [2.24, 2.45) is 5.92 Å². The summed E-state index contributed by atoms with van der Waals surface area (Å²) in [5.74, 6) is -0.199. The third-order valence-corrected chi connectivity index (χ3v) is 8.84. The molecule has 10 nitrogen and oxygen atoms in total. The van der Waals surface area contributed by atoms with Crippen molar-refractivity contribution in [2.45, 2.75) is 70.0 Å². The Labute approximate surface area is 238 Å². The Kier molecular flexibility index (Phi) is 8.91. The number of carbonyl (C=O) groups excluding carboxylic acids is 3. The van der Waals surface area contributed by atoms with Gasteiger partial charge in [-0.2, -0.15) is 0 Å². The van der Waals surface area contributed by atoms with Gasteiger partial charge in [0, 0.05) is 12.1 Å². The molecule has 1 aliphatic heterocycles. The molecule has 40 heavy (non-hydrogen) atoms. The van der Waals surface area contributed by atoms with Crippen LogP contribution in [0.25, 0.3) is 22.2 Å². The van der Waals surface area contributed by atoms with Crippen molar-refractivity contribution in [1.29, 1.82) is 0 Å². The molecule has 1 saturated heterocycles. The molecule has 1 saturated carbocycles. The molecule has 212 valence electrons. The number of nitrogens with zero attached hydrogens (tertiary/aromatic N) is 3. The standard InChI is InChI=1S/C29H36N6O4S/c1-18(30-2)24(36)32-23(20-12-7-4-8-13-20)29(38)35-16-9-14-21(35)25(37)34-27-22(19-10-5-3-6-11-19)33-28(40-27)26-31-15-17-39-26/h3,5-6,10-11,15,17-18,20-21,23,30H,4,7-9,12-14,16H2,1-2H3,(H,32,36)(H,34,37). The van der Waals surface area contributed by atoms with Crippen LogP contribution in [0.5, 0.6) is 0 Å². The lowest BCUT2D eigenvalue weighted by Crippen LogP contribution is -2.57. The Hall–Kier alpha value is -3.57. The lowest BCUT2D eigenvalue weighted by molar-refractivity contribution is -0.142. The topological polar surface area (TPSA) is 129 Å². The van der Waals surface area contributed by atoms with E-state index < -0.39 is 18.1 Å². The van der Waals surface area contributed by atoms with Gasteiger partial charge >= 0.3 is 0 Å². The zero-order valence-electron chi connectivity index (χ0n) is 22.9. The van der Waals surface area contributed by atoms with Crippen LogP contribution in [-0.2, 0) is 14.4 Å². The first kappa shape index (κ1) is 28.0. The third kappa shape index (κ3) is 6.10. The highest BCUT2D eigenvalue weighted by atomic mass is 32.1. The number of aromatic nitrogens is 2. The van der Waals surface area contributed by atoms with Crippen molar-refractivity contribution in [1.82, 2.24) is 25.5 Å². The van der Waals surface area contributed by atoms with E-state index in [-0.39, 0.29) is 23.6 Å². The molecule has 3 unspecified atom stereocenters. The maximum atomic E-state index is 14.0. The Balaban J connectivity index is 1.38. The molecule has 3 amide bonds. The Morgan fingerprint density at radius 3 is 2.55 bits per heavy atom. The highest BCUT2D eigenvalue weighted by molar-refractivity contribution is 7.19. The predicted octanol–water partition coefficient (Wildman–Crippen LogP) is 4.07. The van der Waals surface area contributed by atoms with Crippen molar-refractivity contribution in [3.05, 3.63) is 42.8 Å². The summed E-state index contributed by atoms with van der Waals surface area (Å²) in [5.41, 5.74) is 1.47. The first-order chi connectivity index (χ1) is 19.5. The zero-order valence-corrected chi connectivity index (χ0v) is 23.7. The molecule has 2 fully saturated rings. The second-order valence-corrected chi connectivity index (χ2v) is 11.5. The summed E-state index contributed by atoms with van der Waals surface area (Å²) >= 11 is 1.29. The van der Waals surface area contributed by atoms with E-state index in [4.69, 9.17) is 9.40 Å². The summed E-state index contributed by atoms with van der Waals surface area (Å²) in [5, 5.41) is 10.2. The molecule has 3 aromatic rings. The van der Waals surface area contributed by atoms with Gasteiger partial charge in [-0.3, -0.25) is 14.4 Å². The molecule has 3 heterocycles. The number of hydrogen-bond donors (Lipinski definition) is 3. The molecule has 0 spiro atoms. The van der Waals surface area contributed by atoms with Crippen molar-refractivity contribution >= 4 is 34.1 Å². The number of benzene rings is 1.